The largest absolute Gasteiger partial charge is 0.441 e. The van der Waals surface area contributed by atoms with E-state index in [1.165, 1.54) is 17.3 Å². The first-order valence-electron chi connectivity index (χ1n) is 8.81. The van der Waals surface area contributed by atoms with Crippen LogP contribution in [0.3, 0.4) is 0 Å². The molecular formula is C19H22FN5O3. The second-order valence-corrected chi connectivity index (χ2v) is 6.43. The normalized spacial score (nSPS) is 16.0. The molecule has 3 rings (SSSR count). The average Bonchev–Trinajstić information content (AvgIpc) is 3.09. The van der Waals surface area contributed by atoms with Crippen LogP contribution in [0.2, 0.25) is 0 Å². The molecule has 0 saturated carbocycles. The van der Waals surface area contributed by atoms with Gasteiger partial charge in [-0.15, -0.1) is 0 Å². The number of hydrogen-bond donors (Lipinski definition) is 3. The fourth-order valence-corrected chi connectivity index (χ4v) is 2.82. The molecule has 1 unspecified atom stereocenters. The van der Waals surface area contributed by atoms with Crippen LogP contribution in [-0.4, -0.2) is 66.8 Å². The Morgan fingerprint density at radius 1 is 1.46 bits per heavy atom. The van der Waals surface area contributed by atoms with Crippen LogP contribution >= 0.6 is 0 Å². The summed E-state index contributed by atoms with van der Waals surface area (Å²) in [5.41, 5.74) is 1.37. The SMILES string of the molecule is CN(C=N)CCNc1ccc(-c2ccc(N3CC(CO)OC3=O)cc2F)cn1. The fourth-order valence-electron chi connectivity index (χ4n) is 2.82. The molecule has 1 amide bonds. The van der Waals surface area contributed by atoms with Gasteiger partial charge in [-0.2, -0.15) is 0 Å². The van der Waals surface area contributed by atoms with Crippen LogP contribution in [0, 0.1) is 11.2 Å². The molecule has 0 spiro atoms. The number of nitrogens with one attached hydrogen (secondary N) is 2. The van der Waals surface area contributed by atoms with Crippen molar-refractivity contribution >= 4 is 23.9 Å². The van der Waals surface area contributed by atoms with Gasteiger partial charge in [0, 0.05) is 37.5 Å². The predicted molar refractivity (Wildman–Crippen MR) is 104 cm³/mol. The summed E-state index contributed by atoms with van der Waals surface area (Å²) in [5.74, 6) is 0.182. The van der Waals surface area contributed by atoms with Crippen molar-refractivity contribution in [3.63, 3.8) is 0 Å². The highest BCUT2D eigenvalue weighted by Crippen LogP contribution is 2.29. The van der Waals surface area contributed by atoms with E-state index in [9.17, 15) is 9.18 Å². The number of carbonyl (C=O) groups excluding carboxylic acids is 1. The van der Waals surface area contributed by atoms with Crippen molar-refractivity contribution in [2.75, 3.05) is 43.5 Å². The number of anilines is 2. The van der Waals surface area contributed by atoms with E-state index in [1.807, 2.05) is 7.05 Å². The highest BCUT2D eigenvalue weighted by Gasteiger charge is 2.32. The number of amides is 1. The topological polar surface area (TPSA) is 102 Å². The number of rotatable bonds is 8. The van der Waals surface area contributed by atoms with Gasteiger partial charge in [-0.05, 0) is 30.3 Å². The summed E-state index contributed by atoms with van der Waals surface area (Å²) in [5, 5.41) is 19.4. The molecule has 0 aliphatic carbocycles. The van der Waals surface area contributed by atoms with Crippen LogP contribution in [0.4, 0.5) is 20.7 Å². The molecule has 28 heavy (non-hydrogen) atoms. The van der Waals surface area contributed by atoms with Gasteiger partial charge in [0.2, 0.25) is 0 Å². The van der Waals surface area contributed by atoms with Crippen LogP contribution in [0.25, 0.3) is 11.1 Å². The first-order valence-corrected chi connectivity index (χ1v) is 8.81. The van der Waals surface area contributed by atoms with E-state index in [1.54, 1.807) is 35.4 Å². The van der Waals surface area contributed by atoms with Gasteiger partial charge in [0.25, 0.3) is 0 Å². The number of carbonyl (C=O) groups is 1. The summed E-state index contributed by atoms with van der Waals surface area (Å²) in [7, 11) is 1.81. The maximum absolute atomic E-state index is 14.6. The van der Waals surface area contributed by atoms with Crippen molar-refractivity contribution in [3.05, 3.63) is 42.3 Å². The predicted octanol–water partition coefficient (Wildman–Crippen LogP) is 2.16. The highest BCUT2D eigenvalue weighted by atomic mass is 19.1. The summed E-state index contributed by atoms with van der Waals surface area (Å²) in [4.78, 5) is 19.1. The minimum atomic E-state index is -0.600. The van der Waals surface area contributed by atoms with Crippen molar-refractivity contribution in [2.45, 2.75) is 6.10 Å². The number of aliphatic hydroxyl groups excluding tert-OH is 1. The number of cyclic esters (lactones) is 1. The Hall–Kier alpha value is -3.20. The van der Waals surface area contributed by atoms with E-state index >= 15 is 0 Å². The van der Waals surface area contributed by atoms with Crippen LogP contribution in [-0.2, 0) is 4.74 Å². The number of pyridine rings is 1. The van der Waals surface area contributed by atoms with E-state index < -0.39 is 18.0 Å². The molecule has 0 radical (unpaired) electrons. The number of halogens is 1. The first kappa shape index (κ1) is 19.6. The van der Waals surface area contributed by atoms with Gasteiger partial charge in [-0.25, -0.2) is 14.2 Å². The lowest BCUT2D eigenvalue weighted by Gasteiger charge is -2.15. The Labute approximate surface area is 162 Å². The molecule has 1 aliphatic heterocycles. The summed E-state index contributed by atoms with van der Waals surface area (Å²) in [6.45, 7) is 1.21. The zero-order chi connectivity index (χ0) is 20.1. The molecule has 8 nitrogen and oxygen atoms in total. The molecule has 2 heterocycles. The van der Waals surface area contributed by atoms with Gasteiger partial charge in [-0.1, -0.05) is 0 Å². The third-order valence-corrected chi connectivity index (χ3v) is 4.41. The lowest BCUT2D eigenvalue weighted by Crippen LogP contribution is -2.25. The van der Waals surface area contributed by atoms with Crippen LogP contribution in [0.1, 0.15) is 0 Å². The van der Waals surface area contributed by atoms with E-state index in [0.29, 0.717) is 35.7 Å². The number of likely N-dealkylation sites (N-methyl/N-ethyl adjacent to an activating group) is 1. The highest BCUT2D eigenvalue weighted by molar-refractivity contribution is 5.90. The molecule has 2 aromatic rings. The number of hydrogen-bond acceptors (Lipinski definition) is 6. The lowest BCUT2D eigenvalue weighted by atomic mass is 10.1. The zero-order valence-corrected chi connectivity index (χ0v) is 15.4. The second-order valence-electron chi connectivity index (χ2n) is 6.43. The number of aliphatic hydroxyl groups is 1. The van der Waals surface area contributed by atoms with Crippen molar-refractivity contribution in [3.8, 4) is 11.1 Å². The zero-order valence-electron chi connectivity index (χ0n) is 15.4. The smallest absolute Gasteiger partial charge is 0.414 e. The Morgan fingerprint density at radius 3 is 2.89 bits per heavy atom. The van der Waals surface area contributed by atoms with Crippen molar-refractivity contribution in [1.29, 1.82) is 5.41 Å². The maximum atomic E-state index is 14.6. The molecule has 1 aliphatic rings. The van der Waals surface area contributed by atoms with Gasteiger partial charge in [0.15, 0.2) is 0 Å². The molecule has 3 N–H and O–H groups in total. The Balaban J connectivity index is 1.68. The summed E-state index contributed by atoms with van der Waals surface area (Å²) in [6, 6.07) is 8.03. The molecule has 9 heteroatoms. The molecule has 1 atom stereocenters. The summed E-state index contributed by atoms with van der Waals surface area (Å²) < 4.78 is 19.6. The molecular weight excluding hydrogens is 365 g/mol. The first-order chi connectivity index (χ1) is 13.5. The van der Waals surface area contributed by atoms with E-state index in [0.717, 1.165) is 0 Å². The minimum absolute atomic E-state index is 0.184. The Morgan fingerprint density at radius 2 is 2.29 bits per heavy atom. The van der Waals surface area contributed by atoms with Gasteiger partial charge in [0.05, 0.1) is 25.2 Å². The monoisotopic (exact) mass is 387 g/mol. The van der Waals surface area contributed by atoms with E-state index in [-0.39, 0.29) is 13.2 Å². The lowest BCUT2D eigenvalue weighted by molar-refractivity contribution is 0.0963. The number of benzene rings is 1. The summed E-state index contributed by atoms with van der Waals surface area (Å²) in [6.07, 6.45) is 1.62. The second kappa shape index (κ2) is 8.66. The van der Waals surface area contributed by atoms with Crippen molar-refractivity contribution in [1.82, 2.24) is 9.88 Å². The van der Waals surface area contributed by atoms with Crippen LogP contribution in [0.15, 0.2) is 36.5 Å². The van der Waals surface area contributed by atoms with Gasteiger partial charge in [0.1, 0.15) is 17.7 Å². The van der Waals surface area contributed by atoms with Crippen LogP contribution < -0.4 is 10.2 Å². The number of nitrogens with zero attached hydrogens (tertiary/aromatic N) is 3. The van der Waals surface area contributed by atoms with Crippen LogP contribution in [0.5, 0.6) is 0 Å². The molecule has 1 fully saturated rings. The molecule has 1 aromatic carbocycles. The third kappa shape index (κ3) is 4.37. The van der Waals surface area contributed by atoms with Crippen molar-refractivity contribution < 1.29 is 19.0 Å². The van der Waals surface area contributed by atoms with Gasteiger partial charge in [-0.3, -0.25) is 10.3 Å². The van der Waals surface area contributed by atoms with E-state index in [4.69, 9.17) is 15.3 Å². The van der Waals surface area contributed by atoms with E-state index in [2.05, 4.69) is 10.3 Å². The van der Waals surface area contributed by atoms with Crippen molar-refractivity contribution in [2.24, 2.45) is 0 Å². The maximum Gasteiger partial charge on any atom is 0.414 e. The summed E-state index contributed by atoms with van der Waals surface area (Å²) >= 11 is 0. The number of ether oxygens (including phenoxy) is 1. The third-order valence-electron chi connectivity index (χ3n) is 4.41. The quantitative estimate of drug-likeness (QED) is 0.474. The Kier molecular flexibility index (Phi) is 6.05. The minimum Gasteiger partial charge on any atom is -0.441 e. The number of aromatic nitrogens is 1. The molecule has 1 aromatic heterocycles. The van der Waals surface area contributed by atoms with Gasteiger partial charge >= 0.3 is 6.09 Å². The molecule has 0 bridgehead atoms. The fraction of sp³-hybridized carbons (Fsp3) is 0.316. The molecule has 148 valence electrons. The molecule has 1 saturated heterocycles. The van der Waals surface area contributed by atoms with Gasteiger partial charge < -0.3 is 20.1 Å². The Bertz CT molecular complexity index is 846. The standard InChI is InChI=1S/C19H22FN5O3/c1-24(12-21)7-6-22-18-5-2-13(9-23-18)16-4-3-14(8-17(16)20)25-10-15(11-26)28-19(25)27/h2-5,8-9,12,15,21,26H,6-7,10-11H2,1H3,(H,22,23). The average molecular weight is 387 g/mol.